The van der Waals surface area contributed by atoms with E-state index in [2.05, 4.69) is 0 Å². The van der Waals surface area contributed by atoms with Gasteiger partial charge in [0.05, 0.1) is 6.10 Å². The van der Waals surface area contributed by atoms with Crippen LogP contribution in [0.5, 0.6) is 5.75 Å². The molecule has 2 aromatic rings. The summed E-state index contributed by atoms with van der Waals surface area (Å²) in [6.45, 7) is 3.69. The van der Waals surface area contributed by atoms with Crippen molar-refractivity contribution >= 4 is 0 Å². The van der Waals surface area contributed by atoms with Gasteiger partial charge in [0.2, 0.25) is 0 Å². The van der Waals surface area contributed by atoms with Gasteiger partial charge in [-0.3, -0.25) is 0 Å². The van der Waals surface area contributed by atoms with Crippen molar-refractivity contribution in [3.8, 4) is 5.75 Å². The number of aliphatic hydroxyl groups is 1. The number of aliphatic hydroxyl groups excluding tert-OH is 1. The molecule has 2 aromatic carbocycles. The number of rotatable bonds is 4. The van der Waals surface area contributed by atoms with E-state index in [9.17, 15) is 18.3 Å². The number of hydrogen-bond acceptors (Lipinski definition) is 2. The number of halogens is 3. The zero-order chi connectivity index (χ0) is 15.6. The van der Waals surface area contributed by atoms with E-state index < -0.39 is 23.6 Å². The van der Waals surface area contributed by atoms with Crippen LogP contribution in [0.15, 0.2) is 36.4 Å². The van der Waals surface area contributed by atoms with E-state index in [0.717, 1.165) is 0 Å². The highest BCUT2D eigenvalue weighted by Crippen LogP contribution is 2.28. The van der Waals surface area contributed by atoms with Gasteiger partial charge >= 0.3 is 0 Å². The molecule has 1 unspecified atom stereocenters. The molecule has 1 N–H and O–H groups in total. The van der Waals surface area contributed by atoms with E-state index in [1.165, 1.54) is 6.07 Å². The zero-order valence-corrected chi connectivity index (χ0v) is 11.6. The number of hydrogen-bond donors (Lipinski definition) is 1. The van der Waals surface area contributed by atoms with Gasteiger partial charge < -0.3 is 9.84 Å². The van der Waals surface area contributed by atoms with Crippen LogP contribution >= 0.6 is 0 Å². The van der Waals surface area contributed by atoms with E-state index >= 15 is 0 Å². The molecule has 5 heteroatoms. The summed E-state index contributed by atoms with van der Waals surface area (Å²) in [6.07, 6.45) is -1.46. The average molecular weight is 296 g/mol. The average Bonchev–Trinajstić information content (AvgIpc) is 2.41. The Morgan fingerprint density at radius 1 is 0.952 bits per heavy atom. The fraction of sp³-hybridized carbons (Fsp3) is 0.250. The Hall–Kier alpha value is -2.01. The molecule has 0 aliphatic heterocycles. The number of ether oxygens (including phenoxy) is 1. The Balaban J connectivity index is 2.36. The molecule has 0 spiro atoms. The summed E-state index contributed by atoms with van der Waals surface area (Å²) in [5.74, 6) is -3.00. The summed E-state index contributed by atoms with van der Waals surface area (Å²) in [4.78, 5) is 0. The van der Waals surface area contributed by atoms with Crippen molar-refractivity contribution in [2.45, 2.75) is 26.1 Å². The van der Waals surface area contributed by atoms with E-state index in [1.807, 2.05) is 13.8 Å². The van der Waals surface area contributed by atoms with Crippen molar-refractivity contribution in [3.05, 3.63) is 65.0 Å². The van der Waals surface area contributed by atoms with Gasteiger partial charge in [-0.25, -0.2) is 13.2 Å². The third-order valence-corrected chi connectivity index (χ3v) is 2.88. The monoisotopic (exact) mass is 296 g/mol. The van der Waals surface area contributed by atoms with Crippen molar-refractivity contribution in [1.82, 2.24) is 0 Å². The van der Waals surface area contributed by atoms with Crippen molar-refractivity contribution in [2.75, 3.05) is 0 Å². The Morgan fingerprint density at radius 3 is 2.29 bits per heavy atom. The topological polar surface area (TPSA) is 29.5 Å². The molecule has 0 saturated heterocycles. The SMILES string of the molecule is CC(C)Oc1cccc(C(O)c2cc(F)c(F)cc2F)c1. The van der Waals surface area contributed by atoms with E-state index in [0.29, 0.717) is 23.4 Å². The third-order valence-electron chi connectivity index (χ3n) is 2.88. The first kappa shape index (κ1) is 15.4. The summed E-state index contributed by atoms with van der Waals surface area (Å²) in [6, 6.07) is 7.49. The van der Waals surface area contributed by atoms with Crippen LogP contribution in [-0.2, 0) is 0 Å². The molecule has 0 bridgehead atoms. The molecule has 0 heterocycles. The van der Waals surface area contributed by atoms with Crippen LogP contribution < -0.4 is 4.74 Å². The molecule has 0 aliphatic rings. The predicted octanol–water partition coefficient (Wildman–Crippen LogP) is 3.97. The van der Waals surface area contributed by atoms with E-state index in [-0.39, 0.29) is 11.7 Å². The van der Waals surface area contributed by atoms with Crippen LogP contribution in [0.3, 0.4) is 0 Å². The zero-order valence-electron chi connectivity index (χ0n) is 11.6. The van der Waals surface area contributed by atoms with Gasteiger partial charge in [-0.15, -0.1) is 0 Å². The molecular weight excluding hydrogens is 281 g/mol. The molecule has 1 atom stereocenters. The molecule has 0 saturated carbocycles. The maximum absolute atomic E-state index is 13.7. The van der Waals surface area contributed by atoms with Crippen molar-refractivity contribution < 1.29 is 23.0 Å². The minimum Gasteiger partial charge on any atom is -0.491 e. The molecule has 0 amide bonds. The van der Waals surface area contributed by atoms with E-state index in [1.54, 1.807) is 18.2 Å². The van der Waals surface area contributed by atoms with Crippen LogP contribution in [0.2, 0.25) is 0 Å². The highest BCUT2D eigenvalue weighted by atomic mass is 19.2. The predicted molar refractivity (Wildman–Crippen MR) is 72.6 cm³/mol. The quantitative estimate of drug-likeness (QED) is 0.865. The maximum Gasteiger partial charge on any atom is 0.161 e. The highest BCUT2D eigenvalue weighted by Gasteiger charge is 2.19. The fourth-order valence-corrected chi connectivity index (χ4v) is 1.96. The molecule has 21 heavy (non-hydrogen) atoms. The minimum absolute atomic E-state index is 0.0580. The minimum atomic E-state index is -1.41. The lowest BCUT2D eigenvalue weighted by Gasteiger charge is -2.15. The summed E-state index contributed by atoms with van der Waals surface area (Å²) in [5, 5.41) is 10.2. The lowest BCUT2D eigenvalue weighted by Crippen LogP contribution is -2.08. The van der Waals surface area contributed by atoms with Crippen LogP contribution in [-0.4, -0.2) is 11.2 Å². The summed E-state index contributed by atoms with van der Waals surface area (Å²) >= 11 is 0. The summed E-state index contributed by atoms with van der Waals surface area (Å²) in [7, 11) is 0. The van der Waals surface area contributed by atoms with Gasteiger partial charge in [0.1, 0.15) is 17.7 Å². The third kappa shape index (κ3) is 3.55. The molecule has 0 fully saturated rings. The number of benzene rings is 2. The van der Waals surface area contributed by atoms with Gasteiger partial charge in [0.15, 0.2) is 11.6 Å². The Labute approximate surface area is 120 Å². The second kappa shape index (κ2) is 6.18. The molecule has 0 aromatic heterocycles. The first-order valence-electron chi connectivity index (χ1n) is 6.47. The van der Waals surface area contributed by atoms with Crippen LogP contribution in [0, 0.1) is 17.5 Å². The smallest absolute Gasteiger partial charge is 0.161 e. The van der Waals surface area contributed by atoms with Crippen molar-refractivity contribution in [3.63, 3.8) is 0 Å². The second-order valence-electron chi connectivity index (χ2n) is 4.93. The normalized spacial score (nSPS) is 12.5. The summed E-state index contributed by atoms with van der Waals surface area (Å²) in [5.41, 5.74) is 0.00801. The van der Waals surface area contributed by atoms with Crippen LogP contribution in [0.25, 0.3) is 0 Å². The van der Waals surface area contributed by atoms with Crippen LogP contribution in [0.1, 0.15) is 31.1 Å². The molecule has 2 rings (SSSR count). The van der Waals surface area contributed by atoms with Gasteiger partial charge in [0, 0.05) is 11.6 Å². The molecular formula is C16H15F3O2. The fourth-order valence-electron chi connectivity index (χ4n) is 1.96. The second-order valence-corrected chi connectivity index (χ2v) is 4.93. The maximum atomic E-state index is 13.7. The van der Waals surface area contributed by atoms with Gasteiger partial charge in [-0.1, -0.05) is 12.1 Å². The van der Waals surface area contributed by atoms with E-state index in [4.69, 9.17) is 4.74 Å². The Morgan fingerprint density at radius 2 is 1.62 bits per heavy atom. The first-order valence-corrected chi connectivity index (χ1v) is 6.47. The van der Waals surface area contributed by atoms with Crippen LogP contribution in [0.4, 0.5) is 13.2 Å². The van der Waals surface area contributed by atoms with Gasteiger partial charge in [-0.2, -0.15) is 0 Å². The molecule has 0 aliphatic carbocycles. The lowest BCUT2D eigenvalue weighted by atomic mass is 10.0. The highest BCUT2D eigenvalue weighted by molar-refractivity contribution is 5.36. The van der Waals surface area contributed by atoms with Gasteiger partial charge in [-0.05, 0) is 37.6 Å². The Bertz CT molecular complexity index is 641. The molecule has 2 nitrogen and oxygen atoms in total. The van der Waals surface area contributed by atoms with Crippen molar-refractivity contribution in [1.29, 1.82) is 0 Å². The lowest BCUT2D eigenvalue weighted by molar-refractivity contribution is 0.210. The molecule has 0 radical (unpaired) electrons. The van der Waals surface area contributed by atoms with Crippen molar-refractivity contribution in [2.24, 2.45) is 0 Å². The summed E-state index contributed by atoms with van der Waals surface area (Å²) < 4.78 is 45.3. The first-order chi connectivity index (χ1) is 9.88. The largest absolute Gasteiger partial charge is 0.491 e. The Kier molecular flexibility index (Phi) is 4.53. The van der Waals surface area contributed by atoms with Gasteiger partial charge in [0.25, 0.3) is 0 Å². The standard InChI is InChI=1S/C16H15F3O2/c1-9(2)21-11-5-3-4-10(6-11)16(20)12-7-14(18)15(19)8-13(12)17/h3-9,16,20H,1-2H3. The molecule has 112 valence electrons.